The van der Waals surface area contributed by atoms with Crippen LogP contribution >= 0.6 is 0 Å². The normalized spacial score (nSPS) is 14.0. The van der Waals surface area contributed by atoms with Crippen LogP contribution in [0.1, 0.15) is 12.0 Å². The quantitative estimate of drug-likeness (QED) is 0.782. The van der Waals surface area contributed by atoms with Gasteiger partial charge in [-0.3, -0.25) is 4.79 Å². The highest BCUT2D eigenvalue weighted by molar-refractivity contribution is 5.68. The molecule has 0 aromatic heterocycles. The van der Waals surface area contributed by atoms with E-state index in [-0.39, 0.29) is 12.2 Å². The molecule has 4 heteroatoms. The van der Waals surface area contributed by atoms with E-state index in [0.29, 0.717) is 6.54 Å². The first-order valence-corrected chi connectivity index (χ1v) is 4.95. The number of aromatic hydroxyl groups is 1. The Kier molecular flexibility index (Phi) is 2.49. The smallest absolute Gasteiger partial charge is 0.305 e. The number of benzene rings is 1. The number of hydrogen-bond donors (Lipinski definition) is 2. The fourth-order valence-corrected chi connectivity index (χ4v) is 1.92. The van der Waals surface area contributed by atoms with Crippen LogP contribution < -0.4 is 4.90 Å². The average molecular weight is 207 g/mol. The molecule has 0 spiro atoms. The number of phenols is 1. The Labute approximate surface area is 87.8 Å². The first-order valence-electron chi connectivity index (χ1n) is 4.95. The second-order valence-electron chi connectivity index (χ2n) is 3.69. The van der Waals surface area contributed by atoms with Gasteiger partial charge in [0.2, 0.25) is 0 Å². The Morgan fingerprint density at radius 1 is 1.47 bits per heavy atom. The summed E-state index contributed by atoms with van der Waals surface area (Å²) in [7, 11) is 0. The molecule has 0 amide bonds. The van der Waals surface area contributed by atoms with Crippen LogP contribution in [0, 0.1) is 0 Å². The Bertz CT molecular complexity index is 389. The molecule has 1 aromatic rings. The molecule has 15 heavy (non-hydrogen) atoms. The third kappa shape index (κ3) is 2.03. The number of fused-ring (bicyclic) bond motifs is 1. The van der Waals surface area contributed by atoms with Crippen LogP contribution in [0.25, 0.3) is 0 Å². The van der Waals surface area contributed by atoms with E-state index >= 15 is 0 Å². The lowest BCUT2D eigenvalue weighted by molar-refractivity contribution is -0.136. The van der Waals surface area contributed by atoms with E-state index in [0.717, 1.165) is 24.2 Å². The minimum atomic E-state index is -0.776. The summed E-state index contributed by atoms with van der Waals surface area (Å²) in [4.78, 5) is 12.5. The van der Waals surface area contributed by atoms with Gasteiger partial charge in [-0.05, 0) is 30.2 Å². The lowest BCUT2D eigenvalue weighted by Gasteiger charge is -2.17. The van der Waals surface area contributed by atoms with Crippen LogP contribution in [0.15, 0.2) is 18.2 Å². The van der Waals surface area contributed by atoms with Crippen molar-refractivity contribution in [1.29, 1.82) is 0 Å². The first-order chi connectivity index (χ1) is 7.16. The van der Waals surface area contributed by atoms with Crippen LogP contribution in [-0.4, -0.2) is 29.3 Å². The summed E-state index contributed by atoms with van der Waals surface area (Å²) in [6.07, 6.45) is 1.03. The number of aliphatic carboxylic acids is 1. The lowest BCUT2D eigenvalue weighted by atomic mass is 10.1. The van der Waals surface area contributed by atoms with Gasteiger partial charge >= 0.3 is 5.97 Å². The summed E-state index contributed by atoms with van der Waals surface area (Å²) in [5.41, 5.74) is 2.15. The summed E-state index contributed by atoms with van der Waals surface area (Å²) >= 11 is 0. The summed E-state index contributed by atoms with van der Waals surface area (Å²) in [6.45, 7) is 1.37. The number of nitrogens with zero attached hydrogens (tertiary/aromatic N) is 1. The van der Waals surface area contributed by atoms with Crippen molar-refractivity contribution in [3.05, 3.63) is 23.8 Å². The van der Waals surface area contributed by atoms with Crippen molar-refractivity contribution in [2.75, 3.05) is 18.0 Å². The number of carboxylic acid groups (broad SMARTS) is 1. The molecule has 0 radical (unpaired) electrons. The van der Waals surface area contributed by atoms with Gasteiger partial charge in [-0.15, -0.1) is 0 Å². The molecule has 2 N–H and O–H groups in total. The van der Waals surface area contributed by atoms with Gasteiger partial charge in [0.05, 0.1) is 6.42 Å². The van der Waals surface area contributed by atoms with E-state index in [9.17, 15) is 9.90 Å². The third-order valence-corrected chi connectivity index (χ3v) is 2.65. The molecule has 1 heterocycles. The van der Waals surface area contributed by atoms with Crippen LogP contribution in [0.4, 0.5) is 5.69 Å². The number of phenolic OH excluding ortho intramolecular Hbond substituents is 1. The highest BCUT2D eigenvalue weighted by atomic mass is 16.4. The maximum Gasteiger partial charge on any atom is 0.305 e. The third-order valence-electron chi connectivity index (χ3n) is 2.65. The molecule has 0 atom stereocenters. The molecular formula is C11H13NO3. The van der Waals surface area contributed by atoms with Gasteiger partial charge < -0.3 is 15.1 Å². The predicted octanol–water partition coefficient (Wildman–Crippen LogP) is 1.23. The minimum absolute atomic E-state index is 0.153. The highest BCUT2D eigenvalue weighted by Gasteiger charge is 2.19. The molecule has 0 saturated carbocycles. The van der Waals surface area contributed by atoms with E-state index in [1.165, 1.54) is 0 Å². The molecule has 0 bridgehead atoms. The summed E-state index contributed by atoms with van der Waals surface area (Å²) in [6, 6.07) is 5.23. The van der Waals surface area contributed by atoms with Crippen molar-refractivity contribution >= 4 is 11.7 Å². The van der Waals surface area contributed by atoms with Crippen molar-refractivity contribution in [2.45, 2.75) is 12.8 Å². The van der Waals surface area contributed by atoms with Crippen LogP contribution in [0.5, 0.6) is 5.75 Å². The summed E-state index contributed by atoms with van der Waals surface area (Å²) < 4.78 is 0. The van der Waals surface area contributed by atoms with Gasteiger partial charge in [0.25, 0.3) is 0 Å². The summed E-state index contributed by atoms with van der Waals surface area (Å²) in [5.74, 6) is -0.504. The highest BCUT2D eigenvalue weighted by Crippen LogP contribution is 2.30. The van der Waals surface area contributed by atoms with Crippen LogP contribution in [0.2, 0.25) is 0 Å². The van der Waals surface area contributed by atoms with Crippen molar-refractivity contribution in [3.8, 4) is 5.75 Å². The standard InChI is InChI=1S/C11H13NO3/c13-9-1-2-10-8(7-9)3-5-12(10)6-4-11(14)15/h1-2,7,13H,3-6H2,(H,14,15). The van der Waals surface area contributed by atoms with Crippen molar-refractivity contribution in [1.82, 2.24) is 0 Å². The fraction of sp³-hybridized carbons (Fsp3) is 0.364. The van der Waals surface area contributed by atoms with Gasteiger partial charge in [0, 0.05) is 18.8 Å². The topological polar surface area (TPSA) is 60.8 Å². The van der Waals surface area contributed by atoms with Gasteiger partial charge in [0.15, 0.2) is 0 Å². The molecule has 0 saturated heterocycles. The molecular weight excluding hydrogens is 194 g/mol. The molecule has 0 fully saturated rings. The largest absolute Gasteiger partial charge is 0.508 e. The van der Waals surface area contributed by atoms with Crippen molar-refractivity contribution in [3.63, 3.8) is 0 Å². The van der Waals surface area contributed by atoms with Gasteiger partial charge in [0.1, 0.15) is 5.75 Å². The lowest BCUT2D eigenvalue weighted by Crippen LogP contribution is -2.23. The molecule has 4 nitrogen and oxygen atoms in total. The molecule has 2 rings (SSSR count). The molecule has 0 aliphatic carbocycles. The molecule has 0 unspecified atom stereocenters. The zero-order valence-corrected chi connectivity index (χ0v) is 8.31. The van der Waals surface area contributed by atoms with E-state index < -0.39 is 5.97 Å². The fourth-order valence-electron chi connectivity index (χ4n) is 1.92. The van der Waals surface area contributed by atoms with Crippen LogP contribution in [-0.2, 0) is 11.2 Å². The number of anilines is 1. The minimum Gasteiger partial charge on any atom is -0.508 e. The molecule has 1 aliphatic rings. The summed E-state index contributed by atoms with van der Waals surface area (Å²) in [5, 5.41) is 17.9. The Hall–Kier alpha value is -1.71. The second-order valence-corrected chi connectivity index (χ2v) is 3.69. The average Bonchev–Trinajstić information content (AvgIpc) is 2.57. The van der Waals surface area contributed by atoms with Crippen molar-refractivity contribution in [2.24, 2.45) is 0 Å². The van der Waals surface area contributed by atoms with E-state index in [1.807, 2.05) is 11.0 Å². The van der Waals surface area contributed by atoms with E-state index in [1.54, 1.807) is 12.1 Å². The van der Waals surface area contributed by atoms with Gasteiger partial charge in [-0.2, -0.15) is 0 Å². The Morgan fingerprint density at radius 3 is 3.00 bits per heavy atom. The predicted molar refractivity (Wildman–Crippen MR) is 56.3 cm³/mol. The number of hydrogen-bond acceptors (Lipinski definition) is 3. The number of carboxylic acids is 1. The van der Waals surface area contributed by atoms with E-state index in [2.05, 4.69) is 0 Å². The van der Waals surface area contributed by atoms with Gasteiger partial charge in [-0.25, -0.2) is 0 Å². The zero-order chi connectivity index (χ0) is 10.8. The SMILES string of the molecule is O=C(O)CCN1CCc2cc(O)ccc21. The Balaban J connectivity index is 2.11. The molecule has 1 aliphatic heterocycles. The maximum atomic E-state index is 10.5. The Morgan fingerprint density at radius 2 is 2.27 bits per heavy atom. The number of carbonyl (C=O) groups is 1. The monoisotopic (exact) mass is 207 g/mol. The molecule has 80 valence electrons. The first kappa shape index (κ1) is 9.83. The van der Waals surface area contributed by atoms with E-state index in [4.69, 9.17) is 5.11 Å². The second kappa shape index (κ2) is 3.81. The molecule has 1 aromatic carbocycles. The van der Waals surface area contributed by atoms with Crippen LogP contribution in [0.3, 0.4) is 0 Å². The maximum absolute atomic E-state index is 10.5. The number of rotatable bonds is 3. The van der Waals surface area contributed by atoms with Gasteiger partial charge in [-0.1, -0.05) is 0 Å². The van der Waals surface area contributed by atoms with Crippen molar-refractivity contribution < 1.29 is 15.0 Å². The zero-order valence-electron chi connectivity index (χ0n) is 8.31.